The van der Waals surface area contributed by atoms with Gasteiger partial charge in [-0.05, 0) is 38.1 Å². The van der Waals surface area contributed by atoms with E-state index in [4.69, 9.17) is 36.6 Å². The van der Waals surface area contributed by atoms with Gasteiger partial charge in [-0.1, -0.05) is 75.7 Å². The van der Waals surface area contributed by atoms with Crippen LogP contribution in [0, 0.1) is 0 Å². The first kappa shape index (κ1) is 29.6. The molecule has 3 saturated heterocycles. The van der Waals surface area contributed by atoms with Crippen molar-refractivity contribution in [3.05, 3.63) is 36.4 Å². The normalized spacial score (nSPS) is 29.4. The summed E-state index contributed by atoms with van der Waals surface area (Å²) in [6.07, 6.45) is -2.46. The lowest BCUT2D eigenvalue weighted by Gasteiger charge is -2.28. The first-order chi connectivity index (χ1) is 19.0. The van der Waals surface area contributed by atoms with E-state index in [1.54, 1.807) is 0 Å². The Morgan fingerprint density at radius 1 is 0.732 bits per heavy atom. The number of hydrogen-bond acceptors (Lipinski definition) is 8. The molecule has 0 N–H and O–H groups in total. The first-order valence-corrected chi connectivity index (χ1v) is 22.6. The number of benzene rings is 2. The van der Waals surface area contributed by atoms with E-state index >= 15 is 0 Å². The lowest BCUT2D eigenvalue weighted by molar-refractivity contribution is -0.228. The third kappa shape index (κ3) is 5.64. The number of fused-ring (bicyclic) bond motifs is 4. The van der Waals surface area contributed by atoms with E-state index in [0.717, 1.165) is 21.9 Å². The molecule has 0 amide bonds. The largest absolute Gasteiger partial charge is 0.399 e. The van der Waals surface area contributed by atoms with Gasteiger partial charge in [0.2, 0.25) is 0 Å². The molecule has 224 valence electrons. The summed E-state index contributed by atoms with van der Waals surface area (Å²) in [6, 6.07) is 12.9. The van der Waals surface area contributed by atoms with Crippen LogP contribution in [0.4, 0.5) is 0 Å². The van der Waals surface area contributed by atoms with Crippen LogP contribution in [-0.4, -0.2) is 65.0 Å². The summed E-state index contributed by atoms with van der Waals surface area (Å²) in [5.41, 5.74) is 1.70. The number of hydrogen-bond donors (Lipinski definition) is 0. The zero-order chi connectivity index (χ0) is 29.5. The molecule has 3 aliphatic rings. The third-order valence-corrected chi connectivity index (χ3v) is 13.0. The molecule has 2 aromatic carbocycles. The monoisotopic (exact) mass is 618 g/mol. The second kappa shape index (κ2) is 10.0. The summed E-state index contributed by atoms with van der Waals surface area (Å²) in [4.78, 5) is 0. The highest BCUT2D eigenvalue weighted by atomic mass is 31.1. The van der Waals surface area contributed by atoms with E-state index in [1.807, 2.05) is 27.7 Å². The minimum Gasteiger partial charge on any atom is -0.399 e. The molecule has 11 heteroatoms. The van der Waals surface area contributed by atoms with Crippen molar-refractivity contribution in [2.24, 2.45) is 0 Å². The quantitative estimate of drug-likeness (QED) is 0.313. The Balaban J connectivity index is 1.54. The van der Waals surface area contributed by atoms with Gasteiger partial charge in [-0.15, -0.1) is 0 Å². The second-order valence-electron chi connectivity index (χ2n) is 14.3. The van der Waals surface area contributed by atoms with E-state index in [2.05, 4.69) is 75.7 Å². The van der Waals surface area contributed by atoms with E-state index in [1.165, 1.54) is 10.4 Å². The SMILES string of the molecule is CC1(C)O[C@H]2O[C@H]([C@H]3COC(C)(C)O3)[C@@H](Op3oc4c([Si](C)(C)C)cccc4c4cccc([Si](C)(C)C)c4o3)[C@H]2O1. The average molecular weight is 619 g/mol. The average Bonchev–Trinajstić information content (AvgIpc) is 3.42. The summed E-state index contributed by atoms with van der Waals surface area (Å²) in [7, 11) is -5.49. The molecular weight excluding hydrogens is 575 g/mol. The van der Waals surface area contributed by atoms with Gasteiger partial charge in [0.25, 0.3) is 0 Å². The van der Waals surface area contributed by atoms with Crippen molar-refractivity contribution >= 4 is 56.7 Å². The zero-order valence-corrected chi connectivity index (χ0v) is 28.7. The predicted molar refractivity (Wildman–Crippen MR) is 166 cm³/mol. The van der Waals surface area contributed by atoms with Crippen molar-refractivity contribution in [2.45, 2.75) is 109 Å². The standard InChI is InChI=1S/C30H43O8PSi2/c1-29(2)31-17-20(33-29)25-26(27-28(32-25)35-30(3,4)34-27)38-39-36-23-18(13-11-15-21(23)40(5,6)7)19-14-12-16-22(24(19)37-39)41(8,9)10/h11-16,20,25-28H,17H2,1-10H3/t20-,25-,26-,27-,28-/m1/s1. The number of rotatable bonds is 5. The molecule has 3 fully saturated rings. The summed E-state index contributed by atoms with van der Waals surface area (Å²) in [6.45, 7) is 21.9. The van der Waals surface area contributed by atoms with Crippen LogP contribution in [0.2, 0.25) is 39.3 Å². The summed E-state index contributed by atoms with van der Waals surface area (Å²) in [5, 5.41) is 4.55. The molecule has 4 heterocycles. The van der Waals surface area contributed by atoms with Crippen molar-refractivity contribution in [2.75, 3.05) is 6.61 Å². The van der Waals surface area contributed by atoms with Gasteiger partial charge in [0.05, 0.1) is 22.8 Å². The fraction of sp³-hybridized carbons (Fsp3) is 0.600. The van der Waals surface area contributed by atoms with Crippen LogP contribution in [0.25, 0.3) is 21.9 Å². The van der Waals surface area contributed by atoms with E-state index in [9.17, 15) is 0 Å². The molecule has 1 aromatic heterocycles. The Morgan fingerprint density at radius 2 is 1.29 bits per heavy atom. The Kier molecular flexibility index (Phi) is 7.25. The minimum absolute atomic E-state index is 0.354. The molecule has 3 aliphatic heterocycles. The maximum atomic E-state index is 6.87. The van der Waals surface area contributed by atoms with Crippen LogP contribution in [-0.2, 0) is 23.7 Å². The second-order valence-corrected chi connectivity index (χ2v) is 25.4. The molecule has 8 nitrogen and oxygen atoms in total. The van der Waals surface area contributed by atoms with Crippen LogP contribution in [0.1, 0.15) is 27.7 Å². The summed E-state index contributed by atoms with van der Waals surface area (Å²) in [5.74, 6) is -1.52. The van der Waals surface area contributed by atoms with Crippen LogP contribution >= 0.6 is 8.24 Å². The summed E-state index contributed by atoms with van der Waals surface area (Å²) >= 11 is 0. The molecule has 3 aromatic rings. The Labute approximate surface area is 245 Å². The number of para-hydroxylation sites is 2. The molecule has 5 atom stereocenters. The van der Waals surface area contributed by atoms with Crippen molar-refractivity contribution in [1.82, 2.24) is 0 Å². The van der Waals surface area contributed by atoms with Gasteiger partial charge >= 0.3 is 8.24 Å². The maximum Gasteiger partial charge on any atom is 0.387 e. The van der Waals surface area contributed by atoms with Gasteiger partial charge in [0.15, 0.2) is 17.9 Å². The molecule has 0 unspecified atom stereocenters. The third-order valence-electron chi connectivity index (χ3n) is 7.90. The predicted octanol–water partition coefficient (Wildman–Crippen LogP) is 6.21. The van der Waals surface area contributed by atoms with Crippen molar-refractivity contribution in [1.29, 1.82) is 0 Å². The zero-order valence-electron chi connectivity index (χ0n) is 25.8. The fourth-order valence-electron chi connectivity index (χ4n) is 5.99. The van der Waals surface area contributed by atoms with Crippen molar-refractivity contribution in [3.63, 3.8) is 0 Å². The molecule has 0 saturated carbocycles. The molecule has 0 radical (unpaired) electrons. The maximum absolute atomic E-state index is 6.87. The molecule has 0 spiro atoms. The van der Waals surface area contributed by atoms with E-state index in [-0.39, 0.29) is 6.10 Å². The Morgan fingerprint density at radius 3 is 1.78 bits per heavy atom. The van der Waals surface area contributed by atoms with Gasteiger partial charge < -0.3 is 32.1 Å². The highest BCUT2D eigenvalue weighted by molar-refractivity contribution is 7.32. The molecule has 41 heavy (non-hydrogen) atoms. The van der Waals surface area contributed by atoms with E-state index < -0.39 is 60.6 Å². The van der Waals surface area contributed by atoms with E-state index in [0.29, 0.717) is 6.61 Å². The highest BCUT2D eigenvalue weighted by Gasteiger charge is 2.59. The molecular formula is C30H43O8PSi2. The smallest absolute Gasteiger partial charge is 0.387 e. The van der Waals surface area contributed by atoms with Gasteiger partial charge in [-0.2, -0.15) is 0 Å². The molecule has 0 aliphatic carbocycles. The Hall–Kier alpha value is -1.47. The van der Waals surface area contributed by atoms with Crippen LogP contribution < -0.4 is 14.9 Å². The highest BCUT2D eigenvalue weighted by Crippen LogP contribution is 2.44. The lowest BCUT2D eigenvalue weighted by atomic mass is 10.1. The summed E-state index contributed by atoms with van der Waals surface area (Å²) < 4.78 is 51.5. The first-order valence-electron chi connectivity index (χ1n) is 14.5. The fourth-order valence-corrected chi connectivity index (χ4v) is 10.3. The molecule has 6 rings (SSSR count). The lowest BCUT2D eigenvalue weighted by Crippen LogP contribution is -2.45. The Bertz CT molecular complexity index is 1430. The van der Waals surface area contributed by atoms with Crippen LogP contribution in [0.15, 0.2) is 44.8 Å². The number of ether oxygens (including phenoxy) is 5. The van der Waals surface area contributed by atoms with Gasteiger partial charge in [0, 0.05) is 10.8 Å². The van der Waals surface area contributed by atoms with Gasteiger partial charge in [-0.3, -0.25) is 4.52 Å². The van der Waals surface area contributed by atoms with Crippen molar-refractivity contribution < 1.29 is 36.6 Å². The van der Waals surface area contributed by atoms with Crippen LogP contribution in [0.3, 0.4) is 0 Å². The van der Waals surface area contributed by atoms with Crippen LogP contribution in [0.5, 0.6) is 0 Å². The van der Waals surface area contributed by atoms with Gasteiger partial charge in [-0.25, -0.2) is 0 Å². The minimum atomic E-state index is -1.90. The van der Waals surface area contributed by atoms with Crippen molar-refractivity contribution in [3.8, 4) is 0 Å². The topological polar surface area (TPSA) is 81.7 Å². The van der Waals surface area contributed by atoms with Gasteiger partial charge in [0.1, 0.15) is 35.6 Å². The molecule has 0 bridgehead atoms.